The first-order valence-electron chi connectivity index (χ1n) is 3.22. The minimum absolute atomic E-state index is 0.742. The summed E-state index contributed by atoms with van der Waals surface area (Å²) in [5, 5.41) is 0. The Morgan fingerprint density at radius 2 is 1.78 bits per heavy atom. The molecule has 0 saturated carbocycles. The molecular formula is C6H16O2Si. The van der Waals surface area contributed by atoms with E-state index in [0.717, 1.165) is 6.61 Å². The smallest absolute Gasteiger partial charge is 0.0798 e. The lowest BCUT2D eigenvalue weighted by atomic mass is 10.9. The molecule has 2 nitrogen and oxygen atoms in total. The monoisotopic (exact) mass is 148 g/mol. The molecule has 0 heterocycles. The summed E-state index contributed by atoms with van der Waals surface area (Å²) in [5.74, 6) is 0. The van der Waals surface area contributed by atoms with E-state index < -0.39 is 8.07 Å². The van der Waals surface area contributed by atoms with Crippen LogP contribution in [0.2, 0.25) is 25.7 Å². The van der Waals surface area contributed by atoms with E-state index in [1.54, 1.807) is 7.11 Å². The summed E-state index contributed by atoms with van der Waals surface area (Å²) < 4.78 is 0. The molecule has 0 unspecified atom stereocenters. The van der Waals surface area contributed by atoms with Crippen molar-refractivity contribution in [3.8, 4) is 0 Å². The van der Waals surface area contributed by atoms with Gasteiger partial charge in [0.1, 0.15) is 0 Å². The topological polar surface area (TPSA) is 18.5 Å². The maximum Gasteiger partial charge on any atom is 0.0798 e. The van der Waals surface area contributed by atoms with Gasteiger partial charge in [-0.05, 0) is 6.04 Å². The minimum atomic E-state index is -0.899. The van der Waals surface area contributed by atoms with Gasteiger partial charge in [0.2, 0.25) is 0 Å². The zero-order chi connectivity index (χ0) is 7.33. The van der Waals surface area contributed by atoms with Gasteiger partial charge in [0.05, 0.1) is 13.7 Å². The van der Waals surface area contributed by atoms with E-state index in [2.05, 4.69) is 24.5 Å². The van der Waals surface area contributed by atoms with Gasteiger partial charge < -0.3 is 0 Å². The molecule has 0 radical (unpaired) electrons. The van der Waals surface area contributed by atoms with Crippen molar-refractivity contribution in [1.82, 2.24) is 0 Å². The summed E-state index contributed by atoms with van der Waals surface area (Å²) in [6.07, 6.45) is 0. The van der Waals surface area contributed by atoms with Gasteiger partial charge in [0.25, 0.3) is 0 Å². The van der Waals surface area contributed by atoms with Crippen molar-refractivity contribution >= 4 is 8.07 Å². The first-order valence-corrected chi connectivity index (χ1v) is 6.92. The Hall–Kier alpha value is 0.137. The SMILES string of the molecule is COOCC[Si](C)(C)C. The van der Waals surface area contributed by atoms with E-state index in [1.165, 1.54) is 6.04 Å². The predicted molar refractivity (Wildman–Crippen MR) is 41.1 cm³/mol. The standard InChI is InChI=1S/C6H16O2Si/c1-7-8-5-6-9(2,3)4/h5-6H2,1-4H3. The van der Waals surface area contributed by atoms with E-state index in [4.69, 9.17) is 4.89 Å². The molecule has 0 aromatic heterocycles. The molecule has 0 aliphatic carbocycles. The van der Waals surface area contributed by atoms with Crippen molar-refractivity contribution in [3.63, 3.8) is 0 Å². The molecule has 0 N–H and O–H groups in total. The van der Waals surface area contributed by atoms with Gasteiger partial charge in [-0.2, -0.15) is 0 Å². The normalized spacial score (nSPS) is 12.0. The van der Waals surface area contributed by atoms with E-state index in [-0.39, 0.29) is 0 Å². The molecular weight excluding hydrogens is 132 g/mol. The van der Waals surface area contributed by atoms with E-state index in [0.29, 0.717) is 0 Å². The highest BCUT2D eigenvalue weighted by Gasteiger charge is 2.11. The van der Waals surface area contributed by atoms with Crippen LogP contribution < -0.4 is 0 Å². The average molecular weight is 148 g/mol. The minimum Gasteiger partial charge on any atom is -0.240 e. The van der Waals surface area contributed by atoms with Crippen LogP contribution in [0.1, 0.15) is 0 Å². The van der Waals surface area contributed by atoms with Gasteiger partial charge >= 0.3 is 0 Å². The highest BCUT2D eigenvalue weighted by Crippen LogP contribution is 2.06. The zero-order valence-electron chi connectivity index (χ0n) is 6.73. The lowest BCUT2D eigenvalue weighted by Gasteiger charge is -2.13. The lowest BCUT2D eigenvalue weighted by molar-refractivity contribution is -0.268. The quantitative estimate of drug-likeness (QED) is 0.262. The fourth-order valence-electron chi connectivity index (χ4n) is 0.431. The molecule has 0 saturated heterocycles. The van der Waals surface area contributed by atoms with Crippen LogP contribution in [0.5, 0.6) is 0 Å². The van der Waals surface area contributed by atoms with Crippen LogP contribution in [0.15, 0.2) is 0 Å². The molecule has 0 fully saturated rings. The Morgan fingerprint density at radius 3 is 2.11 bits per heavy atom. The predicted octanol–water partition coefficient (Wildman–Crippen LogP) is 1.90. The van der Waals surface area contributed by atoms with Crippen LogP contribution in [0, 0.1) is 0 Å². The Balaban J connectivity index is 3.07. The average Bonchev–Trinajstić information content (AvgIpc) is 1.63. The second-order valence-corrected chi connectivity index (χ2v) is 8.92. The van der Waals surface area contributed by atoms with Gasteiger partial charge in [-0.25, -0.2) is 9.78 Å². The molecule has 0 bridgehead atoms. The molecule has 0 rings (SSSR count). The maximum absolute atomic E-state index is 4.74. The summed E-state index contributed by atoms with van der Waals surface area (Å²) in [5.41, 5.74) is 0. The molecule has 9 heavy (non-hydrogen) atoms. The van der Waals surface area contributed by atoms with Crippen LogP contribution in [0.4, 0.5) is 0 Å². The zero-order valence-corrected chi connectivity index (χ0v) is 7.73. The third-order valence-electron chi connectivity index (χ3n) is 1.05. The van der Waals surface area contributed by atoms with E-state index in [9.17, 15) is 0 Å². The molecule has 0 aliphatic heterocycles. The fourth-order valence-corrected chi connectivity index (χ4v) is 1.13. The van der Waals surface area contributed by atoms with Crippen LogP contribution in [-0.2, 0) is 9.78 Å². The van der Waals surface area contributed by atoms with Gasteiger partial charge in [-0.15, -0.1) is 0 Å². The maximum atomic E-state index is 4.74. The van der Waals surface area contributed by atoms with Crippen LogP contribution in [-0.4, -0.2) is 21.8 Å². The molecule has 3 heteroatoms. The Morgan fingerprint density at radius 1 is 1.22 bits per heavy atom. The molecule has 0 spiro atoms. The third kappa shape index (κ3) is 8.14. The Kier molecular flexibility index (Phi) is 4.09. The van der Waals surface area contributed by atoms with E-state index in [1.807, 2.05) is 0 Å². The lowest BCUT2D eigenvalue weighted by Crippen LogP contribution is -2.21. The van der Waals surface area contributed by atoms with Gasteiger partial charge in [-0.3, -0.25) is 0 Å². The first kappa shape index (κ1) is 9.14. The molecule has 0 aromatic carbocycles. The molecule has 0 amide bonds. The van der Waals surface area contributed by atoms with Crippen molar-refractivity contribution < 1.29 is 9.78 Å². The van der Waals surface area contributed by atoms with Crippen molar-refractivity contribution in [2.45, 2.75) is 25.7 Å². The summed E-state index contributed by atoms with van der Waals surface area (Å²) in [4.78, 5) is 9.20. The Labute approximate surface area is 58.1 Å². The van der Waals surface area contributed by atoms with Gasteiger partial charge in [-0.1, -0.05) is 19.6 Å². The van der Waals surface area contributed by atoms with Gasteiger partial charge in [0.15, 0.2) is 0 Å². The molecule has 0 atom stereocenters. The number of rotatable bonds is 4. The van der Waals surface area contributed by atoms with Crippen LogP contribution >= 0.6 is 0 Å². The largest absolute Gasteiger partial charge is 0.240 e. The highest BCUT2D eigenvalue weighted by molar-refractivity contribution is 6.76. The first-order chi connectivity index (χ1) is 4.06. The highest BCUT2D eigenvalue weighted by atomic mass is 28.3. The number of hydrogen-bond acceptors (Lipinski definition) is 2. The summed E-state index contributed by atoms with van der Waals surface area (Å²) in [6, 6.07) is 1.17. The number of hydrogen-bond donors (Lipinski definition) is 0. The molecule has 0 aromatic rings. The summed E-state index contributed by atoms with van der Waals surface area (Å²) in [6.45, 7) is 7.68. The van der Waals surface area contributed by atoms with Crippen molar-refractivity contribution in [1.29, 1.82) is 0 Å². The third-order valence-corrected chi connectivity index (χ3v) is 2.76. The molecule has 56 valence electrons. The summed E-state index contributed by atoms with van der Waals surface area (Å²) >= 11 is 0. The van der Waals surface area contributed by atoms with Crippen molar-refractivity contribution in [2.75, 3.05) is 13.7 Å². The Bertz CT molecular complexity index is 67.9. The van der Waals surface area contributed by atoms with E-state index >= 15 is 0 Å². The second-order valence-electron chi connectivity index (χ2n) is 3.30. The van der Waals surface area contributed by atoms with Gasteiger partial charge in [0, 0.05) is 8.07 Å². The second kappa shape index (κ2) is 4.03. The van der Waals surface area contributed by atoms with Crippen molar-refractivity contribution in [3.05, 3.63) is 0 Å². The molecule has 0 aliphatic rings. The summed E-state index contributed by atoms with van der Waals surface area (Å²) in [7, 11) is 0.646. The van der Waals surface area contributed by atoms with Crippen molar-refractivity contribution in [2.24, 2.45) is 0 Å². The van der Waals surface area contributed by atoms with Crippen LogP contribution in [0.25, 0.3) is 0 Å². The van der Waals surface area contributed by atoms with Crippen LogP contribution in [0.3, 0.4) is 0 Å². The fraction of sp³-hybridized carbons (Fsp3) is 1.00.